The van der Waals surface area contributed by atoms with Crippen LogP contribution in [0.4, 0.5) is 0 Å². The zero-order chi connectivity index (χ0) is 13.3. The second-order valence-electron chi connectivity index (χ2n) is 7.10. The number of nitrogens with zero attached hydrogens (tertiary/aromatic N) is 1. The highest BCUT2D eigenvalue weighted by atomic mass is 32.2. The SMILES string of the molecule is CC1CCC2(CC1)CSC(=NC(C)C1CCCC1)N2. The van der Waals surface area contributed by atoms with E-state index in [2.05, 4.69) is 19.2 Å². The van der Waals surface area contributed by atoms with Gasteiger partial charge in [0.15, 0.2) is 5.17 Å². The smallest absolute Gasteiger partial charge is 0.157 e. The van der Waals surface area contributed by atoms with Crippen molar-refractivity contribution in [1.82, 2.24) is 5.32 Å². The molecule has 1 spiro atoms. The van der Waals surface area contributed by atoms with Crippen molar-refractivity contribution in [3.8, 4) is 0 Å². The van der Waals surface area contributed by atoms with E-state index in [0.29, 0.717) is 11.6 Å². The molecule has 1 aliphatic heterocycles. The van der Waals surface area contributed by atoms with Crippen LogP contribution in [-0.2, 0) is 0 Å². The molecule has 0 amide bonds. The van der Waals surface area contributed by atoms with Gasteiger partial charge in [0.05, 0.1) is 6.04 Å². The summed E-state index contributed by atoms with van der Waals surface area (Å²) in [5.41, 5.74) is 0.394. The Bertz CT molecular complexity index is 339. The molecule has 108 valence electrons. The molecule has 3 rings (SSSR count). The molecule has 0 aromatic rings. The summed E-state index contributed by atoms with van der Waals surface area (Å²) in [4.78, 5) is 5.00. The first-order chi connectivity index (χ1) is 9.17. The number of amidine groups is 1. The van der Waals surface area contributed by atoms with Crippen molar-refractivity contribution >= 4 is 16.9 Å². The van der Waals surface area contributed by atoms with E-state index in [0.717, 1.165) is 11.8 Å². The summed E-state index contributed by atoms with van der Waals surface area (Å²) in [5, 5.41) is 5.04. The van der Waals surface area contributed by atoms with Crippen LogP contribution in [0.1, 0.15) is 65.2 Å². The van der Waals surface area contributed by atoms with Gasteiger partial charge in [-0.15, -0.1) is 0 Å². The molecule has 2 saturated carbocycles. The fourth-order valence-corrected chi connectivity index (χ4v) is 5.19. The van der Waals surface area contributed by atoms with Crippen LogP contribution in [0.5, 0.6) is 0 Å². The van der Waals surface area contributed by atoms with E-state index < -0.39 is 0 Å². The first-order valence-electron chi connectivity index (χ1n) is 8.16. The van der Waals surface area contributed by atoms with E-state index in [-0.39, 0.29) is 0 Å². The quantitative estimate of drug-likeness (QED) is 0.819. The third-order valence-electron chi connectivity index (χ3n) is 5.49. The molecule has 3 heteroatoms. The summed E-state index contributed by atoms with van der Waals surface area (Å²) >= 11 is 1.97. The number of hydrogen-bond acceptors (Lipinski definition) is 2. The summed E-state index contributed by atoms with van der Waals surface area (Å²) in [7, 11) is 0. The summed E-state index contributed by atoms with van der Waals surface area (Å²) in [6, 6.07) is 0.523. The lowest BCUT2D eigenvalue weighted by molar-refractivity contribution is 0.250. The maximum absolute atomic E-state index is 5.00. The first kappa shape index (κ1) is 13.8. The molecule has 0 radical (unpaired) electrons. The molecule has 1 heterocycles. The lowest BCUT2D eigenvalue weighted by Crippen LogP contribution is -2.46. The Kier molecular flexibility index (Phi) is 4.11. The number of rotatable bonds is 2. The molecular formula is C16H28N2S. The molecule has 1 N–H and O–H groups in total. The number of aliphatic imine (C=N–C) groups is 1. The highest BCUT2D eigenvalue weighted by Gasteiger charge is 2.39. The zero-order valence-electron chi connectivity index (χ0n) is 12.5. The van der Waals surface area contributed by atoms with Gasteiger partial charge in [-0.2, -0.15) is 0 Å². The maximum Gasteiger partial charge on any atom is 0.157 e. The van der Waals surface area contributed by atoms with Crippen LogP contribution in [0, 0.1) is 11.8 Å². The average Bonchev–Trinajstić information content (AvgIpc) is 3.04. The van der Waals surface area contributed by atoms with Crippen molar-refractivity contribution in [2.24, 2.45) is 16.8 Å². The summed E-state index contributed by atoms with van der Waals surface area (Å²) in [6.45, 7) is 4.71. The van der Waals surface area contributed by atoms with E-state index in [1.54, 1.807) is 0 Å². The van der Waals surface area contributed by atoms with Gasteiger partial charge in [-0.1, -0.05) is 31.5 Å². The first-order valence-corrected chi connectivity index (χ1v) is 9.14. The highest BCUT2D eigenvalue weighted by Crippen LogP contribution is 2.39. The third kappa shape index (κ3) is 3.12. The van der Waals surface area contributed by atoms with E-state index in [1.807, 2.05) is 11.8 Å². The maximum atomic E-state index is 5.00. The standard InChI is InChI=1S/C16H28N2S/c1-12-7-9-16(10-8-12)11-19-15(18-16)17-13(2)14-5-3-4-6-14/h12-14H,3-11H2,1-2H3,(H,17,18). The average molecular weight is 280 g/mol. The van der Waals surface area contributed by atoms with Crippen molar-refractivity contribution in [1.29, 1.82) is 0 Å². The predicted octanol–water partition coefficient (Wildman–Crippen LogP) is 4.21. The van der Waals surface area contributed by atoms with E-state index in [1.165, 1.54) is 62.3 Å². The van der Waals surface area contributed by atoms with Gasteiger partial charge in [0, 0.05) is 11.3 Å². The van der Waals surface area contributed by atoms with Gasteiger partial charge in [-0.25, -0.2) is 0 Å². The molecule has 2 nitrogen and oxygen atoms in total. The van der Waals surface area contributed by atoms with Crippen molar-refractivity contribution < 1.29 is 0 Å². The number of nitrogens with one attached hydrogen (secondary N) is 1. The topological polar surface area (TPSA) is 24.4 Å². The Balaban J connectivity index is 1.58. The minimum Gasteiger partial charge on any atom is -0.359 e. The largest absolute Gasteiger partial charge is 0.359 e. The predicted molar refractivity (Wildman–Crippen MR) is 84.8 cm³/mol. The Labute approximate surface area is 122 Å². The second kappa shape index (κ2) is 5.67. The minimum absolute atomic E-state index is 0.394. The van der Waals surface area contributed by atoms with Gasteiger partial charge in [0.1, 0.15) is 0 Å². The van der Waals surface area contributed by atoms with Crippen molar-refractivity contribution in [2.45, 2.75) is 76.8 Å². The Hall–Kier alpha value is -0.180. The van der Waals surface area contributed by atoms with Crippen LogP contribution in [0.3, 0.4) is 0 Å². The van der Waals surface area contributed by atoms with E-state index in [9.17, 15) is 0 Å². The molecular weight excluding hydrogens is 252 g/mol. The monoisotopic (exact) mass is 280 g/mol. The Morgan fingerprint density at radius 1 is 1.21 bits per heavy atom. The second-order valence-corrected chi connectivity index (χ2v) is 8.06. The van der Waals surface area contributed by atoms with Gasteiger partial charge >= 0.3 is 0 Å². The molecule has 19 heavy (non-hydrogen) atoms. The summed E-state index contributed by atoms with van der Waals surface area (Å²) in [5.74, 6) is 3.02. The van der Waals surface area contributed by atoms with Crippen LogP contribution >= 0.6 is 11.8 Å². The van der Waals surface area contributed by atoms with Gasteiger partial charge in [-0.05, 0) is 57.3 Å². The molecule has 1 atom stereocenters. The fraction of sp³-hybridized carbons (Fsp3) is 0.938. The normalized spacial score (nSPS) is 39.9. The number of hydrogen-bond donors (Lipinski definition) is 1. The molecule has 0 bridgehead atoms. The highest BCUT2D eigenvalue weighted by molar-refractivity contribution is 8.14. The lowest BCUT2D eigenvalue weighted by atomic mass is 9.78. The van der Waals surface area contributed by atoms with Crippen LogP contribution in [0.25, 0.3) is 0 Å². The Morgan fingerprint density at radius 2 is 1.89 bits per heavy atom. The zero-order valence-corrected chi connectivity index (χ0v) is 13.3. The summed E-state index contributed by atoms with van der Waals surface area (Å²) in [6.07, 6.45) is 11.1. The van der Waals surface area contributed by atoms with Gasteiger partial charge in [-0.3, -0.25) is 4.99 Å². The van der Waals surface area contributed by atoms with Crippen LogP contribution in [-0.4, -0.2) is 22.5 Å². The van der Waals surface area contributed by atoms with E-state index >= 15 is 0 Å². The van der Waals surface area contributed by atoms with Crippen molar-refractivity contribution in [3.63, 3.8) is 0 Å². The molecule has 2 aliphatic carbocycles. The van der Waals surface area contributed by atoms with Crippen LogP contribution in [0.15, 0.2) is 4.99 Å². The minimum atomic E-state index is 0.394. The fourth-order valence-electron chi connectivity index (χ4n) is 3.89. The van der Waals surface area contributed by atoms with Crippen molar-refractivity contribution in [3.05, 3.63) is 0 Å². The summed E-state index contributed by atoms with van der Waals surface area (Å²) < 4.78 is 0. The molecule has 0 aromatic carbocycles. The molecule has 3 fully saturated rings. The Morgan fingerprint density at radius 3 is 2.58 bits per heavy atom. The third-order valence-corrected chi connectivity index (χ3v) is 6.67. The van der Waals surface area contributed by atoms with Crippen LogP contribution < -0.4 is 5.32 Å². The van der Waals surface area contributed by atoms with Gasteiger partial charge in [0.25, 0.3) is 0 Å². The van der Waals surface area contributed by atoms with Gasteiger partial charge < -0.3 is 5.32 Å². The molecule has 3 aliphatic rings. The van der Waals surface area contributed by atoms with Crippen LogP contribution in [0.2, 0.25) is 0 Å². The van der Waals surface area contributed by atoms with Gasteiger partial charge in [0.2, 0.25) is 0 Å². The molecule has 1 saturated heterocycles. The molecule has 1 unspecified atom stereocenters. The number of thioether (sulfide) groups is 1. The van der Waals surface area contributed by atoms with E-state index in [4.69, 9.17) is 4.99 Å². The molecule has 0 aromatic heterocycles. The lowest BCUT2D eigenvalue weighted by Gasteiger charge is -2.35. The van der Waals surface area contributed by atoms with Crippen molar-refractivity contribution in [2.75, 3.05) is 5.75 Å².